The first kappa shape index (κ1) is 11.4. The van der Waals surface area contributed by atoms with Crippen LogP contribution < -0.4 is 0 Å². The number of rotatable bonds is 2. The van der Waals surface area contributed by atoms with Gasteiger partial charge in [-0.3, -0.25) is 4.79 Å². The van der Waals surface area contributed by atoms with E-state index in [0.717, 1.165) is 18.6 Å². The van der Waals surface area contributed by atoms with Crippen LogP contribution in [0.1, 0.15) is 39.0 Å². The van der Waals surface area contributed by atoms with Crippen LogP contribution in [0.15, 0.2) is 0 Å². The maximum atomic E-state index is 10.8. The Hall–Kier alpha value is -0.0600. The number of ether oxygens (including phenoxy) is 2. The number of carbonyl (C=O) groups excluding carboxylic acids is 1. The molecular formula is C11H18O3S. The van der Waals surface area contributed by atoms with Crippen LogP contribution in [0.25, 0.3) is 0 Å². The van der Waals surface area contributed by atoms with Gasteiger partial charge in [-0.1, -0.05) is 18.2 Å². The smallest absolute Gasteiger partial charge is 0.185 e. The zero-order valence-electron chi connectivity index (χ0n) is 9.16. The molecule has 0 aromatic heterocycles. The molecule has 2 fully saturated rings. The van der Waals surface area contributed by atoms with Gasteiger partial charge in [0.25, 0.3) is 0 Å². The topological polar surface area (TPSA) is 35.5 Å². The van der Waals surface area contributed by atoms with Crippen molar-refractivity contribution in [2.45, 2.75) is 50.9 Å². The summed E-state index contributed by atoms with van der Waals surface area (Å²) in [6.45, 7) is 2.25. The van der Waals surface area contributed by atoms with E-state index in [4.69, 9.17) is 9.47 Å². The summed E-state index contributed by atoms with van der Waals surface area (Å²) < 4.78 is 11.7. The highest BCUT2D eigenvalue weighted by atomic mass is 32.2. The van der Waals surface area contributed by atoms with Crippen molar-refractivity contribution in [2.75, 3.05) is 12.4 Å². The van der Waals surface area contributed by atoms with Crippen molar-refractivity contribution >= 4 is 16.9 Å². The van der Waals surface area contributed by atoms with Crippen molar-refractivity contribution < 1.29 is 14.3 Å². The van der Waals surface area contributed by atoms with Gasteiger partial charge < -0.3 is 9.47 Å². The molecule has 1 heterocycles. The fourth-order valence-corrected chi connectivity index (χ4v) is 2.85. The van der Waals surface area contributed by atoms with E-state index in [2.05, 4.69) is 0 Å². The molecule has 1 aliphatic carbocycles. The van der Waals surface area contributed by atoms with Crippen LogP contribution in [0.4, 0.5) is 0 Å². The summed E-state index contributed by atoms with van der Waals surface area (Å²) in [7, 11) is 0. The van der Waals surface area contributed by atoms with Crippen molar-refractivity contribution in [3.05, 3.63) is 0 Å². The zero-order valence-corrected chi connectivity index (χ0v) is 9.98. The fourth-order valence-electron chi connectivity index (χ4n) is 2.26. The minimum absolute atomic E-state index is 0.108. The first-order valence-electron chi connectivity index (χ1n) is 5.65. The highest BCUT2D eigenvalue weighted by Gasteiger charge is 2.42. The minimum Gasteiger partial charge on any atom is -0.347 e. The van der Waals surface area contributed by atoms with E-state index in [-0.39, 0.29) is 17.0 Å². The monoisotopic (exact) mass is 230 g/mol. The third-order valence-corrected chi connectivity index (χ3v) is 3.95. The molecular weight excluding hydrogens is 212 g/mol. The highest BCUT2D eigenvalue weighted by molar-refractivity contribution is 8.13. The summed E-state index contributed by atoms with van der Waals surface area (Å²) in [5, 5.41) is 0.156. The summed E-state index contributed by atoms with van der Waals surface area (Å²) in [6.07, 6.45) is 5.85. The molecule has 1 atom stereocenters. The molecule has 0 bridgehead atoms. The molecule has 15 heavy (non-hydrogen) atoms. The van der Waals surface area contributed by atoms with Crippen LogP contribution in [0, 0.1) is 0 Å². The molecule has 1 aliphatic heterocycles. The zero-order chi connectivity index (χ0) is 10.7. The summed E-state index contributed by atoms with van der Waals surface area (Å²) in [5.74, 6) is 0.442. The maximum Gasteiger partial charge on any atom is 0.185 e. The van der Waals surface area contributed by atoms with E-state index in [1.165, 1.54) is 31.0 Å². The molecule has 0 aromatic rings. The molecule has 1 saturated carbocycles. The Morgan fingerprint density at radius 2 is 2.13 bits per heavy atom. The summed E-state index contributed by atoms with van der Waals surface area (Å²) in [4.78, 5) is 10.8. The third kappa shape index (κ3) is 2.95. The largest absolute Gasteiger partial charge is 0.347 e. The lowest BCUT2D eigenvalue weighted by Crippen LogP contribution is -2.33. The van der Waals surface area contributed by atoms with Gasteiger partial charge in [0.2, 0.25) is 0 Å². The Labute approximate surface area is 94.9 Å². The van der Waals surface area contributed by atoms with Crippen molar-refractivity contribution in [1.29, 1.82) is 0 Å². The van der Waals surface area contributed by atoms with E-state index < -0.39 is 0 Å². The molecule has 86 valence electrons. The van der Waals surface area contributed by atoms with Crippen LogP contribution in [0.5, 0.6) is 0 Å². The number of thioether (sulfide) groups is 1. The highest BCUT2D eigenvalue weighted by Crippen LogP contribution is 2.38. The predicted octanol–water partition coefficient (Wildman–Crippen LogP) is 2.34. The summed E-state index contributed by atoms with van der Waals surface area (Å²) >= 11 is 1.33. The molecule has 3 nitrogen and oxygen atoms in total. The van der Waals surface area contributed by atoms with E-state index in [1.807, 2.05) is 0 Å². The van der Waals surface area contributed by atoms with Crippen LogP contribution in [-0.2, 0) is 14.3 Å². The van der Waals surface area contributed by atoms with Crippen molar-refractivity contribution in [2.24, 2.45) is 0 Å². The second-order valence-corrected chi connectivity index (χ2v) is 5.52. The number of hydrogen-bond donors (Lipinski definition) is 0. The van der Waals surface area contributed by atoms with Crippen LogP contribution >= 0.6 is 11.8 Å². The molecule has 0 aromatic carbocycles. The Morgan fingerprint density at radius 1 is 1.40 bits per heavy atom. The molecule has 4 heteroatoms. The standard InChI is InChI=1S/C11H18O3S/c1-9(12)15-8-10-7-13-11(14-10)5-3-2-4-6-11/h10H,2-8H2,1H3. The number of hydrogen-bond acceptors (Lipinski definition) is 4. The van der Waals surface area contributed by atoms with Crippen molar-refractivity contribution in [1.82, 2.24) is 0 Å². The van der Waals surface area contributed by atoms with Gasteiger partial charge >= 0.3 is 0 Å². The average molecular weight is 230 g/mol. The van der Waals surface area contributed by atoms with Crippen LogP contribution in [0.2, 0.25) is 0 Å². The Balaban J connectivity index is 1.80. The van der Waals surface area contributed by atoms with Gasteiger partial charge in [-0.05, 0) is 12.8 Å². The van der Waals surface area contributed by atoms with Gasteiger partial charge in [0, 0.05) is 25.5 Å². The Morgan fingerprint density at radius 3 is 2.80 bits per heavy atom. The Bertz CT molecular complexity index is 236. The van der Waals surface area contributed by atoms with E-state index >= 15 is 0 Å². The third-order valence-electron chi connectivity index (χ3n) is 3.00. The molecule has 1 unspecified atom stereocenters. The van der Waals surface area contributed by atoms with Crippen LogP contribution in [0.3, 0.4) is 0 Å². The average Bonchev–Trinajstić information content (AvgIpc) is 2.60. The molecule has 0 radical (unpaired) electrons. The molecule has 2 aliphatic rings. The van der Waals surface area contributed by atoms with Gasteiger partial charge in [-0.15, -0.1) is 0 Å². The normalized spacial score (nSPS) is 29.5. The predicted molar refractivity (Wildman–Crippen MR) is 59.8 cm³/mol. The van der Waals surface area contributed by atoms with Gasteiger partial charge in [-0.2, -0.15) is 0 Å². The van der Waals surface area contributed by atoms with E-state index in [1.54, 1.807) is 6.92 Å². The minimum atomic E-state index is -0.291. The van der Waals surface area contributed by atoms with Crippen molar-refractivity contribution in [3.8, 4) is 0 Å². The lowest BCUT2D eigenvalue weighted by molar-refractivity contribution is -0.184. The second-order valence-electron chi connectivity index (χ2n) is 4.32. The number of carbonyl (C=O) groups is 1. The lowest BCUT2D eigenvalue weighted by atomic mass is 9.94. The van der Waals surface area contributed by atoms with Crippen LogP contribution in [-0.4, -0.2) is 29.4 Å². The quantitative estimate of drug-likeness (QED) is 0.729. The lowest BCUT2D eigenvalue weighted by Gasteiger charge is -2.31. The molecule has 2 rings (SSSR count). The van der Waals surface area contributed by atoms with Gasteiger partial charge in [0.05, 0.1) is 12.7 Å². The molecule has 1 saturated heterocycles. The maximum absolute atomic E-state index is 10.8. The van der Waals surface area contributed by atoms with Gasteiger partial charge in [0.1, 0.15) is 0 Å². The van der Waals surface area contributed by atoms with E-state index in [0.29, 0.717) is 6.61 Å². The molecule has 1 spiro atoms. The van der Waals surface area contributed by atoms with Gasteiger partial charge in [-0.25, -0.2) is 0 Å². The summed E-state index contributed by atoms with van der Waals surface area (Å²) in [5.41, 5.74) is 0. The van der Waals surface area contributed by atoms with Gasteiger partial charge in [0.15, 0.2) is 10.9 Å². The fraction of sp³-hybridized carbons (Fsp3) is 0.909. The first-order chi connectivity index (χ1) is 7.20. The first-order valence-corrected chi connectivity index (χ1v) is 6.64. The second kappa shape index (κ2) is 4.85. The summed E-state index contributed by atoms with van der Waals surface area (Å²) in [6, 6.07) is 0. The SMILES string of the molecule is CC(=O)SCC1COC2(CCCCC2)O1. The van der Waals surface area contributed by atoms with Crippen molar-refractivity contribution in [3.63, 3.8) is 0 Å². The molecule has 0 amide bonds. The Kier molecular flexibility index (Phi) is 3.69. The molecule has 0 N–H and O–H groups in total. The van der Waals surface area contributed by atoms with E-state index in [9.17, 15) is 4.79 Å².